The molecule has 0 aliphatic heterocycles. The Morgan fingerprint density at radius 1 is 1.35 bits per heavy atom. The van der Waals surface area contributed by atoms with Gasteiger partial charge in [-0.1, -0.05) is 31.2 Å². The number of benzene rings is 1. The van der Waals surface area contributed by atoms with Gasteiger partial charge in [-0.15, -0.1) is 0 Å². The molecule has 1 aromatic carbocycles. The zero-order valence-electron chi connectivity index (χ0n) is 10.0. The summed E-state index contributed by atoms with van der Waals surface area (Å²) in [7, 11) is 0. The topological polar surface area (TPSA) is 55.1 Å². The number of nitrogens with two attached hydrogens (primary N) is 1. The summed E-state index contributed by atoms with van der Waals surface area (Å²) in [6, 6.07) is 9.58. The molecule has 0 bridgehead atoms. The zero-order valence-corrected chi connectivity index (χ0v) is 10.0. The molecule has 1 aliphatic rings. The van der Waals surface area contributed by atoms with Crippen molar-refractivity contribution < 1.29 is 4.79 Å². The quantitative estimate of drug-likeness (QED) is 0.819. The number of rotatable bonds is 2. The van der Waals surface area contributed by atoms with E-state index in [-0.39, 0.29) is 11.9 Å². The molecule has 2 rings (SSSR count). The highest BCUT2D eigenvalue weighted by Gasteiger charge is 2.22. The van der Waals surface area contributed by atoms with E-state index in [1.54, 1.807) is 0 Å². The molecular weight excluding hydrogens is 212 g/mol. The molecule has 0 aromatic heterocycles. The number of amides is 1. The molecule has 1 aromatic rings. The molecular formula is C14H18N2O. The number of para-hydroxylation sites is 1. The van der Waals surface area contributed by atoms with E-state index in [2.05, 4.69) is 12.2 Å². The predicted molar refractivity (Wildman–Crippen MR) is 69.5 cm³/mol. The smallest absolute Gasteiger partial charge is 0.251 e. The number of nitrogens with one attached hydrogen (secondary N) is 1. The highest BCUT2D eigenvalue weighted by Crippen LogP contribution is 2.23. The number of anilines is 1. The van der Waals surface area contributed by atoms with Gasteiger partial charge in [0.1, 0.15) is 0 Å². The maximum absolute atomic E-state index is 12.0. The standard InChI is InChI=1S/C14H18N2O/c1-10-7-8-11(9-13(10)15)14(17)16-12-5-3-2-4-6-12/h2-6,8,10,13H,7,9,15H2,1H3,(H,16,17). The first-order valence-corrected chi connectivity index (χ1v) is 5.98. The van der Waals surface area contributed by atoms with E-state index >= 15 is 0 Å². The Morgan fingerprint density at radius 2 is 2.06 bits per heavy atom. The summed E-state index contributed by atoms with van der Waals surface area (Å²) in [6.45, 7) is 2.12. The summed E-state index contributed by atoms with van der Waals surface area (Å²) in [6.07, 6.45) is 3.56. The summed E-state index contributed by atoms with van der Waals surface area (Å²) in [4.78, 5) is 12.0. The van der Waals surface area contributed by atoms with Gasteiger partial charge in [0.05, 0.1) is 0 Å². The second-order valence-electron chi connectivity index (χ2n) is 4.63. The molecule has 2 atom stereocenters. The largest absolute Gasteiger partial charge is 0.327 e. The van der Waals surface area contributed by atoms with Crippen molar-refractivity contribution in [3.05, 3.63) is 42.0 Å². The van der Waals surface area contributed by atoms with Crippen molar-refractivity contribution in [2.24, 2.45) is 11.7 Å². The van der Waals surface area contributed by atoms with E-state index in [1.165, 1.54) is 0 Å². The Bertz CT molecular complexity index is 425. The molecule has 3 heteroatoms. The van der Waals surface area contributed by atoms with Crippen molar-refractivity contribution in [2.75, 3.05) is 5.32 Å². The molecule has 0 fully saturated rings. The number of carbonyl (C=O) groups excluding carboxylic acids is 1. The Hall–Kier alpha value is -1.61. The average molecular weight is 230 g/mol. The van der Waals surface area contributed by atoms with Gasteiger partial charge in [0.15, 0.2) is 0 Å². The summed E-state index contributed by atoms with van der Waals surface area (Å²) in [5.41, 5.74) is 7.61. The molecule has 0 spiro atoms. The molecule has 3 nitrogen and oxygen atoms in total. The van der Waals surface area contributed by atoms with Gasteiger partial charge in [0.2, 0.25) is 0 Å². The molecule has 0 saturated carbocycles. The minimum Gasteiger partial charge on any atom is -0.327 e. The normalized spacial score (nSPS) is 24.0. The zero-order chi connectivity index (χ0) is 12.3. The molecule has 1 aliphatic carbocycles. The van der Waals surface area contributed by atoms with Crippen LogP contribution >= 0.6 is 0 Å². The fraction of sp³-hybridized carbons (Fsp3) is 0.357. The first-order valence-electron chi connectivity index (χ1n) is 5.98. The molecule has 17 heavy (non-hydrogen) atoms. The van der Waals surface area contributed by atoms with Crippen LogP contribution in [0.15, 0.2) is 42.0 Å². The summed E-state index contributed by atoms with van der Waals surface area (Å²) < 4.78 is 0. The molecule has 0 radical (unpaired) electrons. The van der Waals surface area contributed by atoms with Gasteiger partial charge in [-0.2, -0.15) is 0 Å². The van der Waals surface area contributed by atoms with Crippen molar-refractivity contribution in [1.29, 1.82) is 0 Å². The summed E-state index contributed by atoms with van der Waals surface area (Å²) in [5, 5.41) is 2.88. The van der Waals surface area contributed by atoms with Crippen LogP contribution in [0.1, 0.15) is 19.8 Å². The van der Waals surface area contributed by atoms with E-state index < -0.39 is 0 Å². The van der Waals surface area contributed by atoms with Crippen LogP contribution in [-0.4, -0.2) is 11.9 Å². The van der Waals surface area contributed by atoms with E-state index in [1.807, 2.05) is 36.4 Å². The maximum atomic E-state index is 12.0. The van der Waals surface area contributed by atoms with Crippen LogP contribution in [0.25, 0.3) is 0 Å². The van der Waals surface area contributed by atoms with Gasteiger partial charge in [-0.3, -0.25) is 4.79 Å². The lowest BCUT2D eigenvalue weighted by Gasteiger charge is -2.24. The fourth-order valence-electron chi connectivity index (χ4n) is 1.96. The lowest BCUT2D eigenvalue weighted by molar-refractivity contribution is -0.113. The van der Waals surface area contributed by atoms with E-state index in [9.17, 15) is 4.79 Å². The summed E-state index contributed by atoms with van der Waals surface area (Å²) >= 11 is 0. The van der Waals surface area contributed by atoms with Crippen molar-refractivity contribution in [2.45, 2.75) is 25.8 Å². The van der Waals surface area contributed by atoms with Crippen molar-refractivity contribution in [1.82, 2.24) is 0 Å². The number of hydrogen-bond donors (Lipinski definition) is 2. The maximum Gasteiger partial charge on any atom is 0.251 e. The highest BCUT2D eigenvalue weighted by molar-refractivity contribution is 6.03. The van der Waals surface area contributed by atoms with Crippen LogP contribution in [0.3, 0.4) is 0 Å². The number of allylic oxidation sites excluding steroid dienone is 1. The van der Waals surface area contributed by atoms with Gasteiger partial charge in [0.25, 0.3) is 5.91 Å². The van der Waals surface area contributed by atoms with Gasteiger partial charge < -0.3 is 11.1 Å². The highest BCUT2D eigenvalue weighted by atomic mass is 16.1. The summed E-state index contributed by atoms with van der Waals surface area (Å²) in [5.74, 6) is 0.432. The van der Waals surface area contributed by atoms with Crippen molar-refractivity contribution in [3.8, 4) is 0 Å². The third-order valence-corrected chi connectivity index (χ3v) is 3.25. The van der Waals surface area contributed by atoms with E-state index in [0.717, 1.165) is 17.7 Å². The number of hydrogen-bond acceptors (Lipinski definition) is 2. The molecule has 90 valence electrons. The van der Waals surface area contributed by atoms with Gasteiger partial charge in [-0.25, -0.2) is 0 Å². The molecule has 2 unspecified atom stereocenters. The second-order valence-corrected chi connectivity index (χ2v) is 4.63. The first-order chi connectivity index (χ1) is 8.16. The third kappa shape index (κ3) is 2.94. The average Bonchev–Trinajstić information content (AvgIpc) is 2.34. The minimum atomic E-state index is -0.0291. The van der Waals surface area contributed by atoms with E-state index in [4.69, 9.17) is 5.73 Å². The number of carbonyl (C=O) groups is 1. The Labute approximate surface area is 102 Å². The lowest BCUT2D eigenvalue weighted by Crippen LogP contribution is -2.33. The SMILES string of the molecule is CC1CC=C(C(=O)Nc2ccccc2)CC1N. The first kappa shape index (κ1) is 11.9. The molecule has 1 amide bonds. The Kier molecular flexibility index (Phi) is 3.59. The lowest BCUT2D eigenvalue weighted by atomic mass is 9.86. The van der Waals surface area contributed by atoms with Crippen LogP contribution in [0.5, 0.6) is 0 Å². The van der Waals surface area contributed by atoms with Crippen LogP contribution in [0.4, 0.5) is 5.69 Å². The third-order valence-electron chi connectivity index (χ3n) is 3.25. The van der Waals surface area contributed by atoms with Gasteiger partial charge in [-0.05, 0) is 30.9 Å². The fourth-order valence-corrected chi connectivity index (χ4v) is 1.96. The molecule has 3 N–H and O–H groups in total. The van der Waals surface area contributed by atoms with Crippen LogP contribution < -0.4 is 11.1 Å². The van der Waals surface area contributed by atoms with Crippen molar-refractivity contribution in [3.63, 3.8) is 0 Å². The van der Waals surface area contributed by atoms with Gasteiger partial charge in [0, 0.05) is 17.3 Å². The van der Waals surface area contributed by atoms with Crippen LogP contribution in [0.2, 0.25) is 0 Å². The van der Waals surface area contributed by atoms with Gasteiger partial charge >= 0.3 is 0 Å². The molecule has 0 heterocycles. The van der Waals surface area contributed by atoms with E-state index in [0.29, 0.717) is 12.3 Å². The van der Waals surface area contributed by atoms with Crippen LogP contribution in [-0.2, 0) is 4.79 Å². The minimum absolute atomic E-state index is 0.0291. The Morgan fingerprint density at radius 3 is 2.71 bits per heavy atom. The second kappa shape index (κ2) is 5.15. The predicted octanol–water partition coefficient (Wildman–Crippen LogP) is 2.31. The van der Waals surface area contributed by atoms with Crippen molar-refractivity contribution >= 4 is 11.6 Å². The molecule has 0 saturated heterocycles. The Balaban J connectivity index is 2.02. The monoisotopic (exact) mass is 230 g/mol. The van der Waals surface area contributed by atoms with Crippen LogP contribution in [0, 0.1) is 5.92 Å².